The lowest BCUT2D eigenvalue weighted by atomic mass is 10.00. The molecule has 0 saturated heterocycles. The van der Waals surface area contributed by atoms with Crippen molar-refractivity contribution in [2.24, 2.45) is 5.92 Å². The van der Waals surface area contributed by atoms with Gasteiger partial charge in [-0.1, -0.05) is 56.2 Å². The first-order chi connectivity index (χ1) is 17.4. The minimum atomic E-state index is -0.175. The van der Waals surface area contributed by atoms with Crippen LogP contribution in [0, 0.1) is 19.8 Å². The Labute approximate surface area is 218 Å². The summed E-state index contributed by atoms with van der Waals surface area (Å²) in [7, 11) is 0. The number of amides is 2. The van der Waals surface area contributed by atoms with Gasteiger partial charge in [0.15, 0.2) is 0 Å². The van der Waals surface area contributed by atoms with E-state index in [1.54, 1.807) is 16.2 Å². The molecule has 2 amide bonds. The van der Waals surface area contributed by atoms with Crippen molar-refractivity contribution in [2.75, 3.05) is 26.2 Å². The number of aryl methyl sites for hydroxylation is 2. The zero-order chi connectivity index (χ0) is 25.7. The standard InChI is InChI=1S/C30H36N2O3S/c1-5-21(2)18-31(30(34)24-9-7-6-8-10-24)19-29(33)32-15-13-28-25(14-16-36-28)26(32)20-35-27-12-11-22(3)17-23(27)4/h6-12,14,16-17,21,26H,5,13,15,18-20H2,1-4H3/t21-,26+/m1/s1. The van der Waals surface area contributed by atoms with Crippen LogP contribution >= 0.6 is 11.3 Å². The smallest absolute Gasteiger partial charge is 0.254 e. The lowest BCUT2D eigenvalue weighted by Gasteiger charge is -2.37. The molecule has 0 bridgehead atoms. The molecule has 2 heterocycles. The summed E-state index contributed by atoms with van der Waals surface area (Å²) in [4.78, 5) is 32.1. The Kier molecular flexibility index (Phi) is 8.47. The highest BCUT2D eigenvalue weighted by atomic mass is 32.1. The molecule has 6 heteroatoms. The second-order valence-electron chi connectivity index (χ2n) is 9.80. The Morgan fingerprint density at radius 1 is 1.14 bits per heavy atom. The number of hydrogen-bond donors (Lipinski definition) is 0. The Balaban J connectivity index is 1.55. The molecule has 2 aromatic carbocycles. The van der Waals surface area contributed by atoms with Gasteiger partial charge in [0.25, 0.3) is 5.91 Å². The number of thiophene rings is 1. The van der Waals surface area contributed by atoms with E-state index in [0.717, 1.165) is 29.7 Å². The Morgan fingerprint density at radius 2 is 1.92 bits per heavy atom. The fourth-order valence-corrected chi connectivity index (χ4v) is 5.67. The van der Waals surface area contributed by atoms with Crippen LogP contribution in [-0.2, 0) is 11.2 Å². The minimum absolute atomic E-state index is 0.0336. The molecule has 1 aliphatic heterocycles. The summed E-state index contributed by atoms with van der Waals surface area (Å²) in [5, 5.41) is 2.09. The molecule has 1 aliphatic rings. The third-order valence-electron chi connectivity index (χ3n) is 7.01. The molecule has 36 heavy (non-hydrogen) atoms. The number of carbonyl (C=O) groups excluding carboxylic acids is 2. The fraction of sp³-hybridized carbons (Fsp3) is 0.400. The molecule has 190 valence electrons. The summed E-state index contributed by atoms with van der Waals surface area (Å²) in [6.07, 6.45) is 1.78. The van der Waals surface area contributed by atoms with Crippen molar-refractivity contribution in [3.05, 3.63) is 87.1 Å². The second kappa shape index (κ2) is 11.7. The van der Waals surface area contributed by atoms with Crippen molar-refractivity contribution in [3.63, 3.8) is 0 Å². The summed E-state index contributed by atoms with van der Waals surface area (Å²) in [5.74, 6) is 1.01. The quantitative estimate of drug-likeness (QED) is 0.356. The summed E-state index contributed by atoms with van der Waals surface area (Å²) in [6, 6.07) is 17.3. The zero-order valence-corrected chi connectivity index (χ0v) is 22.5. The molecule has 5 nitrogen and oxygen atoms in total. The number of carbonyl (C=O) groups is 2. The number of fused-ring (bicyclic) bond motifs is 1. The second-order valence-corrected chi connectivity index (χ2v) is 10.8. The highest BCUT2D eigenvalue weighted by molar-refractivity contribution is 7.10. The van der Waals surface area contributed by atoms with Gasteiger partial charge < -0.3 is 14.5 Å². The highest BCUT2D eigenvalue weighted by Gasteiger charge is 2.34. The zero-order valence-electron chi connectivity index (χ0n) is 21.7. The maximum atomic E-state index is 13.8. The van der Waals surface area contributed by atoms with Crippen molar-refractivity contribution in [1.82, 2.24) is 9.80 Å². The minimum Gasteiger partial charge on any atom is -0.491 e. The van der Waals surface area contributed by atoms with Crippen molar-refractivity contribution in [1.29, 1.82) is 0 Å². The molecule has 4 rings (SSSR count). The summed E-state index contributed by atoms with van der Waals surface area (Å²) in [6.45, 7) is 9.98. The molecule has 3 aromatic rings. The average Bonchev–Trinajstić information content (AvgIpc) is 3.37. The van der Waals surface area contributed by atoms with E-state index in [4.69, 9.17) is 4.74 Å². The van der Waals surface area contributed by atoms with Crippen LogP contribution in [0.25, 0.3) is 0 Å². The predicted molar refractivity (Wildman–Crippen MR) is 146 cm³/mol. The van der Waals surface area contributed by atoms with Gasteiger partial charge in [0, 0.05) is 23.5 Å². The molecule has 0 N–H and O–H groups in total. The molecule has 0 saturated carbocycles. The lowest BCUT2D eigenvalue weighted by Crippen LogP contribution is -2.48. The van der Waals surface area contributed by atoms with E-state index in [-0.39, 0.29) is 24.4 Å². The van der Waals surface area contributed by atoms with E-state index in [9.17, 15) is 9.59 Å². The maximum Gasteiger partial charge on any atom is 0.254 e. The molecule has 0 aliphatic carbocycles. The van der Waals surface area contributed by atoms with Gasteiger partial charge in [0.2, 0.25) is 5.91 Å². The van der Waals surface area contributed by atoms with Gasteiger partial charge in [-0.3, -0.25) is 9.59 Å². The van der Waals surface area contributed by atoms with Crippen LogP contribution in [0.5, 0.6) is 5.75 Å². The van der Waals surface area contributed by atoms with Crippen molar-refractivity contribution in [3.8, 4) is 5.75 Å². The van der Waals surface area contributed by atoms with Crippen LogP contribution in [-0.4, -0.2) is 47.9 Å². The van der Waals surface area contributed by atoms with Crippen molar-refractivity contribution in [2.45, 2.75) is 46.6 Å². The highest BCUT2D eigenvalue weighted by Crippen LogP contribution is 2.34. The Morgan fingerprint density at radius 3 is 2.64 bits per heavy atom. The van der Waals surface area contributed by atoms with E-state index in [2.05, 4.69) is 38.3 Å². The fourth-order valence-electron chi connectivity index (χ4n) is 4.75. The largest absolute Gasteiger partial charge is 0.491 e. The maximum absolute atomic E-state index is 13.8. The van der Waals surface area contributed by atoms with Gasteiger partial charge in [-0.05, 0) is 67.0 Å². The van der Waals surface area contributed by atoms with Gasteiger partial charge >= 0.3 is 0 Å². The van der Waals surface area contributed by atoms with E-state index in [1.165, 1.54) is 10.4 Å². The first kappa shape index (κ1) is 26.0. The van der Waals surface area contributed by atoms with E-state index < -0.39 is 0 Å². The van der Waals surface area contributed by atoms with Gasteiger partial charge in [-0.15, -0.1) is 11.3 Å². The molecule has 0 fully saturated rings. The van der Waals surface area contributed by atoms with Gasteiger partial charge in [0.1, 0.15) is 18.9 Å². The number of rotatable bonds is 9. The monoisotopic (exact) mass is 504 g/mol. The predicted octanol–water partition coefficient (Wildman–Crippen LogP) is 6.06. The summed E-state index contributed by atoms with van der Waals surface area (Å²) in [5.41, 5.74) is 4.05. The number of ether oxygens (including phenoxy) is 1. The molecule has 1 aromatic heterocycles. The van der Waals surface area contributed by atoms with Gasteiger partial charge in [0.05, 0.1) is 6.04 Å². The molecular formula is C30H36N2O3S. The first-order valence-electron chi connectivity index (χ1n) is 12.8. The van der Waals surface area contributed by atoms with E-state index >= 15 is 0 Å². The summed E-state index contributed by atoms with van der Waals surface area (Å²) >= 11 is 1.74. The Bertz CT molecular complexity index is 1190. The molecule has 0 radical (unpaired) electrons. The molecule has 0 unspecified atom stereocenters. The van der Waals surface area contributed by atoms with Crippen molar-refractivity contribution < 1.29 is 14.3 Å². The Hall–Kier alpha value is -3.12. The first-order valence-corrected chi connectivity index (χ1v) is 13.7. The lowest BCUT2D eigenvalue weighted by molar-refractivity contribution is -0.135. The normalized spacial score (nSPS) is 15.8. The third kappa shape index (κ3) is 5.98. The van der Waals surface area contributed by atoms with Crippen LogP contribution in [0.3, 0.4) is 0 Å². The van der Waals surface area contributed by atoms with Gasteiger partial charge in [-0.2, -0.15) is 0 Å². The van der Waals surface area contributed by atoms with Crippen LogP contribution in [0.2, 0.25) is 0 Å². The summed E-state index contributed by atoms with van der Waals surface area (Å²) < 4.78 is 6.27. The molecular weight excluding hydrogens is 468 g/mol. The molecule has 2 atom stereocenters. The van der Waals surface area contributed by atoms with Crippen molar-refractivity contribution >= 4 is 23.2 Å². The number of nitrogens with zero attached hydrogens (tertiary/aromatic N) is 2. The van der Waals surface area contributed by atoms with E-state index in [0.29, 0.717) is 31.2 Å². The van der Waals surface area contributed by atoms with Crippen LogP contribution in [0.4, 0.5) is 0 Å². The number of benzene rings is 2. The van der Waals surface area contributed by atoms with E-state index in [1.807, 2.05) is 54.3 Å². The third-order valence-corrected chi connectivity index (χ3v) is 8.00. The molecule has 0 spiro atoms. The average molecular weight is 505 g/mol. The van der Waals surface area contributed by atoms with Gasteiger partial charge in [-0.25, -0.2) is 0 Å². The van der Waals surface area contributed by atoms with Crippen LogP contribution in [0.15, 0.2) is 60.0 Å². The van der Waals surface area contributed by atoms with Crippen LogP contribution < -0.4 is 4.74 Å². The number of hydrogen-bond acceptors (Lipinski definition) is 4. The SMILES string of the molecule is CC[C@@H](C)CN(CC(=O)N1CCc2sccc2[C@@H]1COc1ccc(C)cc1C)C(=O)c1ccccc1. The van der Waals surface area contributed by atoms with Crippen LogP contribution in [0.1, 0.15) is 58.2 Å². The topological polar surface area (TPSA) is 49.9 Å².